The number of likely N-dealkylation sites (tertiary alicyclic amines) is 1. The van der Waals surface area contributed by atoms with Gasteiger partial charge < -0.3 is 14.7 Å². The zero-order valence-electron chi connectivity index (χ0n) is 17.6. The predicted octanol–water partition coefficient (Wildman–Crippen LogP) is 3.59. The molecule has 0 bridgehead atoms. The molecule has 4 rings (SSSR count). The molecule has 1 saturated heterocycles. The maximum atomic E-state index is 13.9. The van der Waals surface area contributed by atoms with Gasteiger partial charge in [0.25, 0.3) is 5.91 Å². The smallest absolute Gasteiger partial charge is 0.256 e. The molecule has 1 aliphatic carbocycles. The first-order valence-electron chi connectivity index (χ1n) is 10.7. The van der Waals surface area contributed by atoms with Crippen LogP contribution in [0.2, 0.25) is 0 Å². The predicted molar refractivity (Wildman–Crippen MR) is 107 cm³/mol. The van der Waals surface area contributed by atoms with E-state index in [1.165, 1.54) is 4.90 Å². The number of carbonyl (C=O) groups is 2. The summed E-state index contributed by atoms with van der Waals surface area (Å²) in [6.45, 7) is 4.61. The SMILES string of the molecule is CC(C)C(NC(=O)C1CCN(C(=O)c2ccc(F)cc2F)CC1)c1nc(C2CC2)no1. The van der Waals surface area contributed by atoms with Crippen LogP contribution in [0.3, 0.4) is 0 Å². The second-order valence-corrected chi connectivity index (χ2v) is 8.69. The molecule has 7 nitrogen and oxygen atoms in total. The highest BCUT2D eigenvalue weighted by Crippen LogP contribution is 2.38. The average molecular weight is 432 g/mol. The molecule has 1 aliphatic heterocycles. The molecule has 1 N–H and O–H groups in total. The van der Waals surface area contributed by atoms with Gasteiger partial charge in [-0.15, -0.1) is 0 Å². The number of nitrogens with zero attached hydrogens (tertiary/aromatic N) is 3. The van der Waals surface area contributed by atoms with Crippen molar-refractivity contribution in [1.82, 2.24) is 20.4 Å². The Balaban J connectivity index is 1.35. The van der Waals surface area contributed by atoms with E-state index in [0.717, 1.165) is 25.0 Å². The molecule has 1 aromatic heterocycles. The standard InChI is InChI=1S/C22H26F2N4O3/c1-12(2)18(21-26-19(27-31-21)13-3-4-13)25-20(29)14-7-9-28(10-8-14)22(30)16-6-5-15(23)11-17(16)24/h5-6,11-14,18H,3-4,7-10H2,1-2H3,(H,25,29). The highest BCUT2D eigenvalue weighted by molar-refractivity contribution is 5.94. The van der Waals surface area contributed by atoms with E-state index >= 15 is 0 Å². The van der Waals surface area contributed by atoms with Gasteiger partial charge in [0.15, 0.2) is 5.82 Å². The second kappa shape index (κ2) is 8.72. The number of piperidine rings is 1. The lowest BCUT2D eigenvalue weighted by molar-refractivity contribution is -0.127. The van der Waals surface area contributed by atoms with E-state index in [-0.39, 0.29) is 29.3 Å². The first-order chi connectivity index (χ1) is 14.8. The van der Waals surface area contributed by atoms with Crippen LogP contribution in [0.4, 0.5) is 8.78 Å². The fourth-order valence-electron chi connectivity index (χ4n) is 3.84. The van der Waals surface area contributed by atoms with Gasteiger partial charge in [0, 0.05) is 31.0 Å². The molecule has 2 aliphatic rings. The van der Waals surface area contributed by atoms with Crippen molar-refractivity contribution < 1.29 is 22.9 Å². The fourth-order valence-corrected chi connectivity index (χ4v) is 3.84. The molecule has 9 heteroatoms. The van der Waals surface area contributed by atoms with E-state index in [4.69, 9.17) is 4.52 Å². The van der Waals surface area contributed by atoms with Crippen molar-refractivity contribution in [2.75, 3.05) is 13.1 Å². The third kappa shape index (κ3) is 4.75. The van der Waals surface area contributed by atoms with Crippen LogP contribution in [0.1, 0.15) is 73.6 Å². The molecule has 1 unspecified atom stereocenters. The van der Waals surface area contributed by atoms with Gasteiger partial charge in [-0.25, -0.2) is 8.78 Å². The minimum absolute atomic E-state index is 0.0690. The summed E-state index contributed by atoms with van der Waals surface area (Å²) in [4.78, 5) is 31.4. The van der Waals surface area contributed by atoms with Gasteiger partial charge in [-0.1, -0.05) is 19.0 Å². The Bertz CT molecular complexity index is 965. The lowest BCUT2D eigenvalue weighted by atomic mass is 9.94. The number of hydrogen-bond donors (Lipinski definition) is 1. The van der Waals surface area contributed by atoms with Gasteiger partial charge in [0.05, 0.1) is 5.56 Å². The molecule has 1 atom stereocenters. The molecule has 1 aromatic carbocycles. The Morgan fingerprint density at radius 2 is 1.87 bits per heavy atom. The van der Waals surface area contributed by atoms with Gasteiger partial charge in [0.2, 0.25) is 11.8 Å². The number of benzene rings is 1. The second-order valence-electron chi connectivity index (χ2n) is 8.69. The molecule has 2 aromatic rings. The number of halogens is 2. The molecule has 2 amide bonds. The van der Waals surface area contributed by atoms with Gasteiger partial charge in [-0.3, -0.25) is 9.59 Å². The monoisotopic (exact) mass is 432 g/mol. The first-order valence-corrected chi connectivity index (χ1v) is 10.7. The number of hydrogen-bond acceptors (Lipinski definition) is 5. The van der Waals surface area contributed by atoms with Crippen molar-refractivity contribution in [1.29, 1.82) is 0 Å². The fraction of sp³-hybridized carbons (Fsp3) is 0.545. The van der Waals surface area contributed by atoms with Crippen molar-refractivity contribution in [2.45, 2.75) is 51.5 Å². The van der Waals surface area contributed by atoms with Crippen LogP contribution in [0, 0.1) is 23.5 Å². The van der Waals surface area contributed by atoms with Crippen molar-refractivity contribution in [3.05, 3.63) is 47.1 Å². The van der Waals surface area contributed by atoms with Gasteiger partial charge in [0.1, 0.15) is 17.7 Å². The molecule has 166 valence electrons. The van der Waals surface area contributed by atoms with Crippen LogP contribution in [0.5, 0.6) is 0 Å². The normalized spacial score (nSPS) is 18.3. The zero-order valence-corrected chi connectivity index (χ0v) is 17.6. The lowest BCUT2D eigenvalue weighted by Gasteiger charge is -2.32. The number of rotatable bonds is 6. The van der Waals surface area contributed by atoms with Gasteiger partial charge in [-0.05, 0) is 43.7 Å². The largest absolute Gasteiger partial charge is 0.344 e. The number of nitrogens with one attached hydrogen (secondary N) is 1. The summed E-state index contributed by atoms with van der Waals surface area (Å²) in [6, 6.07) is 2.54. The van der Waals surface area contributed by atoms with Gasteiger partial charge >= 0.3 is 0 Å². The van der Waals surface area contributed by atoms with Crippen LogP contribution in [0.25, 0.3) is 0 Å². The number of carbonyl (C=O) groups excluding carboxylic acids is 2. The third-order valence-electron chi connectivity index (χ3n) is 5.94. The quantitative estimate of drug-likeness (QED) is 0.754. The molecular weight excluding hydrogens is 406 g/mol. The highest BCUT2D eigenvalue weighted by Gasteiger charge is 2.34. The van der Waals surface area contributed by atoms with E-state index in [0.29, 0.717) is 49.6 Å². The summed E-state index contributed by atoms with van der Waals surface area (Å²) in [5.41, 5.74) is -0.160. The highest BCUT2D eigenvalue weighted by atomic mass is 19.1. The molecule has 31 heavy (non-hydrogen) atoms. The molecule has 2 heterocycles. The third-order valence-corrected chi connectivity index (χ3v) is 5.94. The van der Waals surface area contributed by atoms with Crippen LogP contribution >= 0.6 is 0 Å². The topological polar surface area (TPSA) is 88.3 Å². The van der Waals surface area contributed by atoms with E-state index in [1.54, 1.807) is 0 Å². The van der Waals surface area contributed by atoms with E-state index in [1.807, 2.05) is 13.8 Å². The number of amides is 2. The van der Waals surface area contributed by atoms with Crippen molar-refractivity contribution in [3.63, 3.8) is 0 Å². The Hall–Kier alpha value is -2.84. The van der Waals surface area contributed by atoms with Gasteiger partial charge in [-0.2, -0.15) is 4.98 Å². The molecule has 2 fully saturated rings. The summed E-state index contributed by atoms with van der Waals surface area (Å²) in [5, 5.41) is 7.06. The van der Waals surface area contributed by atoms with Crippen LogP contribution < -0.4 is 5.32 Å². The van der Waals surface area contributed by atoms with Crippen LogP contribution in [-0.4, -0.2) is 39.9 Å². The maximum Gasteiger partial charge on any atom is 0.256 e. The van der Waals surface area contributed by atoms with E-state index in [9.17, 15) is 18.4 Å². The van der Waals surface area contributed by atoms with Crippen molar-refractivity contribution >= 4 is 11.8 Å². The van der Waals surface area contributed by atoms with E-state index in [2.05, 4.69) is 15.5 Å². The zero-order chi connectivity index (χ0) is 22.1. The Morgan fingerprint density at radius 1 is 1.16 bits per heavy atom. The molecule has 0 radical (unpaired) electrons. The minimum atomic E-state index is -0.880. The molecular formula is C22H26F2N4O3. The van der Waals surface area contributed by atoms with E-state index < -0.39 is 17.5 Å². The first kappa shape index (κ1) is 21.4. The summed E-state index contributed by atoms with van der Waals surface area (Å²) >= 11 is 0. The lowest BCUT2D eigenvalue weighted by Crippen LogP contribution is -2.44. The summed E-state index contributed by atoms with van der Waals surface area (Å²) in [7, 11) is 0. The Labute approximate surface area is 179 Å². The van der Waals surface area contributed by atoms with Crippen molar-refractivity contribution in [3.8, 4) is 0 Å². The minimum Gasteiger partial charge on any atom is -0.344 e. The van der Waals surface area contributed by atoms with Crippen molar-refractivity contribution in [2.24, 2.45) is 11.8 Å². The number of aromatic nitrogens is 2. The molecule has 0 spiro atoms. The summed E-state index contributed by atoms with van der Waals surface area (Å²) < 4.78 is 32.4. The summed E-state index contributed by atoms with van der Waals surface area (Å²) in [6.07, 6.45) is 3.05. The Morgan fingerprint density at radius 3 is 2.48 bits per heavy atom. The Kier molecular flexibility index (Phi) is 6.02. The van der Waals surface area contributed by atoms with Crippen LogP contribution in [0.15, 0.2) is 22.7 Å². The van der Waals surface area contributed by atoms with Crippen LogP contribution in [-0.2, 0) is 4.79 Å². The molecule has 1 saturated carbocycles. The average Bonchev–Trinajstić information content (AvgIpc) is 3.48. The maximum absolute atomic E-state index is 13.9. The summed E-state index contributed by atoms with van der Waals surface area (Å²) in [5.74, 6) is -0.925.